The Morgan fingerprint density at radius 2 is 2.00 bits per heavy atom. The summed E-state index contributed by atoms with van der Waals surface area (Å²) in [5.74, 6) is -0.147. The Morgan fingerprint density at radius 1 is 1.25 bits per heavy atom. The first-order chi connectivity index (χ1) is 11.6. The minimum absolute atomic E-state index is 0.155. The van der Waals surface area contributed by atoms with Crippen LogP contribution < -0.4 is 10.2 Å². The van der Waals surface area contributed by atoms with Gasteiger partial charge in [-0.15, -0.1) is 0 Å². The molecule has 0 bridgehead atoms. The number of aliphatic hydroxyl groups is 1. The molecule has 1 aromatic heterocycles. The lowest BCUT2D eigenvalue weighted by Gasteiger charge is -2.14. The molecule has 1 heterocycles. The van der Waals surface area contributed by atoms with E-state index in [1.165, 1.54) is 12.3 Å². The van der Waals surface area contributed by atoms with E-state index in [1.54, 1.807) is 11.5 Å². The molecule has 0 radical (unpaired) electrons. The second kappa shape index (κ2) is 8.88. The fraction of sp³-hybridized carbons (Fsp3) is 0.333. The van der Waals surface area contributed by atoms with Crippen LogP contribution in [-0.4, -0.2) is 22.2 Å². The topological polar surface area (TPSA) is 77.8 Å². The quantitative estimate of drug-likeness (QED) is 0.747. The summed E-state index contributed by atoms with van der Waals surface area (Å²) >= 11 is 0. The fourth-order valence-electron chi connectivity index (χ4n) is 2.23. The van der Waals surface area contributed by atoms with Crippen molar-refractivity contribution in [1.29, 1.82) is 0 Å². The molecule has 1 aromatic carbocycles. The Bertz CT molecular complexity index is 724. The molecule has 2 rings (SSSR count). The number of carbonyl (C=O) groups is 1. The van der Waals surface area contributed by atoms with Gasteiger partial charge >= 0.3 is 5.97 Å². The van der Waals surface area contributed by atoms with E-state index in [9.17, 15) is 14.7 Å². The Kier molecular flexibility index (Phi) is 6.57. The zero-order valence-electron chi connectivity index (χ0n) is 13.6. The molecule has 24 heavy (non-hydrogen) atoms. The van der Waals surface area contributed by atoms with Crippen LogP contribution in [0.4, 0.5) is 0 Å². The Hall–Kier alpha value is -2.60. The molecular weight excluding hydrogens is 310 g/mol. The maximum atomic E-state index is 12.1. The zero-order chi connectivity index (χ0) is 17.4. The van der Waals surface area contributed by atoms with E-state index in [0.29, 0.717) is 18.8 Å². The molecule has 128 valence electrons. The lowest BCUT2D eigenvalue weighted by atomic mass is 10.2. The van der Waals surface area contributed by atoms with Crippen molar-refractivity contribution in [2.75, 3.05) is 6.61 Å². The minimum Gasteiger partial charge on any atom is -0.483 e. The summed E-state index contributed by atoms with van der Waals surface area (Å²) in [7, 11) is 0. The number of nitrogens with zero attached hydrogens (tertiary/aromatic N) is 1. The zero-order valence-corrected chi connectivity index (χ0v) is 13.6. The highest BCUT2D eigenvalue weighted by Gasteiger charge is 2.10. The number of benzene rings is 1. The molecule has 6 nitrogen and oxygen atoms in total. The second-order valence-corrected chi connectivity index (χ2v) is 5.17. The fourth-order valence-corrected chi connectivity index (χ4v) is 2.23. The number of aliphatic hydroxyl groups excluding tert-OH is 1. The summed E-state index contributed by atoms with van der Waals surface area (Å²) in [6.07, 6.45) is 1.68. The largest absolute Gasteiger partial charge is 0.483 e. The summed E-state index contributed by atoms with van der Waals surface area (Å²) in [4.78, 5) is 23.6. The summed E-state index contributed by atoms with van der Waals surface area (Å²) < 4.78 is 12.1. The lowest BCUT2D eigenvalue weighted by molar-refractivity contribution is -0.143. The number of esters is 1. The van der Waals surface area contributed by atoms with E-state index < -0.39 is 0 Å². The Balaban J connectivity index is 2.12. The number of pyridine rings is 1. The van der Waals surface area contributed by atoms with Crippen molar-refractivity contribution < 1.29 is 19.4 Å². The molecule has 1 N–H and O–H groups in total. The first kappa shape index (κ1) is 17.7. The number of rotatable bonds is 8. The van der Waals surface area contributed by atoms with Crippen LogP contribution in [0.1, 0.15) is 24.6 Å². The second-order valence-electron chi connectivity index (χ2n) is 5.17. The van der Waals surface area contributed by atoms with Crippen molar-refractivity contribution in [3.8, 4) is 5.75 Å². The third kappa shape index (κ3) is 4.96. The molecule has 0 aliphatic carbocycles. The van der Waals surface area contributed by atoms with Gasteiger partial charge in [-0.05, 0) is 12.5 Å². The Morgan fingerprint density at radius 3 is 2.67 bits per heavy atom. The average Bonchev–Trinajstić information content (AvgIpc) is 2.60. The highest BCUT2D eigenvalue weighted by molar-refractivity contribution is 5.69. The predicted octanol–water partition coefficient (Wildman–Crippen LogP) is 1.87. The van der Waals surface area contributed by atoms with Gasteiger partial charge < -0.3 is 19.1 Å². The van der Waals surface area contributed by atoms with Gasteiger partial charge in [-0.25, -0.2) is 0 Å². The van der Waals surface area contributed by atoms with Gasteiger partial charge in [0.2, 0.25) is 5.43 Å². The minimum atomic E-state index is -0.327. The molecule has 2 aromatic rings. The number of aryl methyl sites for hydroxylation is 1. The van der Waals surface area contributed by atoms with Crippen molar-refractivity contribution in [3.05, 3.63) is 64.1 Å². The van der Waals surface area contributed by atoms with Crippen LogP contribution >= 0.6 is 0 Å². The third-order valence-electron chi connectivity index (χ3n) is 3.44. The molecule has 0 saturated heterocycles. The predicted molar refractivity (Wildman–Crippen MR) is 88.6 cm³/mol. The smallest absolute Gasteiger partial charge is 0.307 e. The van der Waals surface area contributed by atoms with Gasteiger partial charge in [0.05, 0.1) is 25.8 Å². The number of carbonyl (C=O) groups excluding carboxylic acids is 1. The summed E-state index contributed by atoms with van der Waals surface area (Å²) in [5, 5.41) is 9.39. The molecular formula is C18H21NO5. The standard InChI is InChI=1S/C18H21NO5/c1-2-23-18(22)8-9-19-11-17(16(21)10-15(19)12-20)24-13-14-6-4-3-5-7-14/h3-7,10-11,20H,2,8-9,12-13H2,1H3. The maximum absolute atomic E-state index is 12.1. The number of hydrogen-bond donors (Lipinski definition) is 1. The Labute approximate surface area is 140 Å². The van der Waals surface area contributed by atoms with E-state index >= 15 is 0 Å². The first-order valence-electron chi connectivity index (χ1n) is 7.80. The highest BCUT2D eigenvalue weighted by atomic mass is 16.5. The van der Waals surface area contributed by atoms with Crippen molar-refractivity contribution in [2.45, 2.75) is 33.1 Å². The van der Waals surface area contributed by atoms with E-state index in [4.69, 9.17) is 9.47 Å². The van der Waals surface area contributed by atoms with Crippen molar-refractivity contribution >= 4 is 5.97 Å². The monoisotopic (exact) mass is 331 g/mol. The van der Waals surface area contributed by atoms with Gasteiger partial charge in [0.15, 0.2) is 5.75 Å². The van der Waals surface area contributed by atoms with Crippen LogP contribution in [-0.2, 0) is 29.3 Å². The van der Waals surface area contributed by atoms with Crippen LogP contribution in [0.25, 0.3) is 0 Å². The van der Waals surface area contributed by atoms with Gasteiger partial charge in [-0.3, -0.25) is 9.59 Å². The van der Waals surface area contributed by atoms with Gasteiger partial charge in [0.1, 0.15) is 6.61 Å². The van der Waals surface area contributed by atoms with Crippen LogP contribution in [0, 0.1) is 0 Å². The van der Waals surface area contributed by atoms with Crippen LogP contribution in [0.5, 0.6) is 5.75 Å². The van der Waals surface area contributed by atoms with Gasteiger partial charge in [-0.2, -0.15) is 0 Å². The summed E-state index contributed by atoms with van der Waals surface area (Å²) in [6.45, 7) is 2.34. The molecule has 0 saturated carbocycles. The SMILES string of the molecule is CCOC(=O)CCn1cc(OCc2ccccc2)c(=O)cc1CO. The lowest BCUT2D eigenvalue weighted by Crippen LogP contribution is -2.17. The summed E-state index contributed by atoms with van der Waals surface area (Å²) in [6, 6.07) is 10.8. The molecule has 0 fully saturated rings. The molecule has 0 unspecified atom stereocenters. The van der Waals surface area contributed by atoms with Gasteiger partial charge in [-0.1, -0.05) is 30.3 Å². The molecule has 0 atom stereocenters. The average molecular weight is 331 g/mol. The third-order valence-corrected chi connectivity index (χ3v) is 3.44. The normalized spacial score (nSPS) is 10.4. The highest BCUT2D eigenvalue weighted by Crippen LogP contribution is 2.11. The van der Waals surface area contributed by atoms with Crippen molar-refractivity contribution in [3.63, 3.8) is 0 Å². The number of aromatic nitrogens is 1. The number of hydrogen-bond acceptors (Lipinski definition) is 5. The van der Waals surface area contributed by atoms with Crippen LogP contribution in [0.15, 0.2) is 47.4 Å². The summed E-state index contributed by atoms with van der Waals surface area (Å²) in [5.41, 5.74) is 1.07. The molecule has 6 heteroatoms. The van der Waals surface area contributed by atoms with E-state index in [0.717, 1.165) is 5.56 Å². The van der Waals surface area contributed by atoms with Gasteiger partial charge in [0, 0.05) is 18.3 Å². The molecule has 0 amide bonds. The van der Waals surface area contributed by atoms with Crippen LogP contribution in [0.3, 0.4) is 0 Å². The van der Waals surface area contributed by atoms with E-state index in [1.807, 2.05) is 30.3 Å². The van der Waals surface area contributed by atoms with Crippen molar-refractivity contribution in [2.24, 2.45) is 0 Å². The number of ether oxygens (including phenoxy) is 2. The van der Waals surface area contributed by atoms with Crippen molar-refractivity contribution in [1.82, 2.24) is 4.57 Å². The maximum Gasteiger partial charge on any atom is 0.307 e. The first-order valence-corrected chi connectivity index (χ1v) is 7.80. The van der Waals surface area contributed by atoms with E-state index in [2.05, 4.69) is 0 Å². The van der Waals surface area contributed by atoms with Crippen LogP contribution in [0.2, 0.25) is 0 Å². The molecule has 0 aliphatic heterocycles. The molecule has 0 spiro atoms. The van der Waals surface area contributed by atoms with E-state index in [-0.39, 0.29) is 36.8 Å². The van der Waals surface area contributed by atoms with Gasteiger partial charge in [0.25, 0.3) is 0 Å². The molecule has 0 aliphatic rings.